The second-order valence-corrected chi connectivity index (χ2v) is 9.21. The number of benzene rings is 1. The molecule has 1 atom stereocenters. The number of alkyl halides is 2. The van der Waals surface area contributed by atoms with Gasteiger partial charge in [-0.3, -0.25) is 4.79 Å². The number of ether oxygens (including phenoxy) is 1. The Morgan fingerprint density at radius 3 is 2.71 bits per heavy atom. The molecular formula is C25H35F2N3O4. The van der Waals surface area contributed by atoms with Gasteiger partial charge in [-0.05, 0) is 75.3 Å². The molecule has 7 nitrogen and oxygen atoms in total. The monoisotopic (exact) mass is 479 g/mol. The van der Waals surface area contributed by atoms with Gasteiger partial charge in [0.25, 0.3) is 5.91 Å². The van der Waals surface area contributed by atoms with Gasteiger partial charge in [-0.25, -0.2) is 0 Å². The number of hydrogen-bond acceptors (Lipinski definition) is 6. The molecule has 0 aliphatic carbocycles. The van der Waals surface area contributed by atoms with Gasteiger partial charge < -0.3 is 24.9 Å². The molecule has 34 heavy (non-hydrogen) atoms. The summed E-state index contributed by atoms with van der Waals surface area (Å²) in [7, 11) is 0. The lowest BCUT2D eigenvalue weighted by molar-refractivity contribution is -0.00776. The maximum atomic E-state index is 13.3. The zero-order valence-electron chi connectivity index (χ0n) is 20.2. The van der Waals surface area contributed by atoms with Gasteiger partial charge in [0.15, 0.2) is 5.76 Å². The molecule has 0 aromatic heterocycles. The topological polar surface area (TPSA) is 83.4 Å². The Labute approximate surface area is 199 Å². The van der Waals surface area contributed by atoms with E-state index >= 15 is 0 Å². The first-order chi connectivity index (χ1) is 16.2. The van der Waals surface area contributed by atoms with Crippen molar-refractivity contribution in [3.05, 3.63) is 41.2 Å². The number of nitrogens with one attached hydrogen (secondary N) is 1. The summed E-state index contributed by atoms with van der Waals surface area (Å²) in [4.78, 5) is 19.3. The Bertz CT molecular complexity index is 906. The molecule has 188 valence electrons. The van der Waals surface area contributed by atoms with Crippen molar-refractivity contribution in [1.29, 1.82) is 0 Å². The van der Waals surface area contributed by atoms with Crippen LogP contribution >= 0.6 is 0 Å². The minimum absolute atomic E-state index is 0.104. The van der Waals surface area contributed by atoms with Crippen molar-refractivity contribution in [2.45, 2.75) is 64.8 Å². The van der Waals surface area contributed by atoms with Crippen LogP contribution in [0.1, 0.15) is 61.9 Å². The average Bonchev–Trinajstić information content (AvgIpc) is 2.81. The van der Waals surface area contributed by atoms with Gasteiger partial charge in [-0.1, -0.05) is 5.16 Å². The molecule has 2 N–H and O–H groups in total. The van der Waals surface area contributed by atoms with E-state index in [1.165, 1.54) is 6.08 Å². The van der Waals surface area contributed by atoms with Crippen LogP contribution in [0.3, 0.4) is 0 Å². The zero-order chi connectivity index (χ0) is 24.7. The molecule has 0 spiro atoms. The van der Waals surface area contributed by atoms with Gasteiger partial charge in [0.05, 0.1) is 13.2 Å². The van der Waals surface area contributed by atoms with Crippen molar-refractivity contribution in [2.24, 2.45) is 11.1 Å². The molecular weight excluding hydrogens is 444 g/mol. The number of aliphatic hydroxyl groups excluding tert-OH is 1. The predicted molar refractivity (Wildman–Crippen MR) is 126 cm³/mol. The summed E-state index contributed by atoms with van der Waals surface area (Å²) in [6.07, 6.45) is 5.83. The molecule has 1 fully saturated rings. The van der Waals surface area contributed by atoms with Crippen LogP contribution in [0.5, 0.6) is 5.75 Å². The Balaban J connectivity index is 1.35. The third kappa shape index (κ3) is 7.16. The summed E-state index contributed by atoms with van der Waals surface area (Å²) >= 11 is 0. The Kier molecular flexibility index (Phi) is 8.88. The van der Waals surface area contributed by atoms with Crippen LogP contribution in [-0.2, 0) is 4.84 Å². The minimum Gasteiger partial charge on any atom is -0.494 e. The summed E-state index contributed by atoms with van der Waals surface area (Å²) in [5.41, 5.74) is 1.40. The molecule has 9 heteroatoms. The third-order valence-corrected chi connectivity index (χ3v) is 6.25. The number of likely N-dealkylation sites (tertiary alicyclic amines) is 1. The van der Waals surface area contributed by atoms with Crippen LogP contribution in [-0.4, -0.2) is 60.0 Å². The van der Waals surface area contributed by atoms with Gasteiger partial charge in [0.2, 0.25) is 0 Å². The lowest BCUT2D eigenvalue weighted by Gasteiger charge is -2.34. The first kappa shape index (κ1) is 25.9. The molecule has 1 saturated heterocycles. The van der Waals surface area contributed by atoms with E-state index in [0.717, 1.165) is 57.0 Å². The van der Waals surface area contributed by atoms with E-state index in [4.69, 9.17) is 14.7 Å². The Hall–Kier alpha value is -2.68. The largest absolute Gasteiger partial charge is 0.494 e. The van der Waals surface area contributed by atoms with Gasteiger partial charge >= 0.3 is 5.92 Å². The van der Waals surface area contributed by atoms with Crippen molar-refractivity contribution >= 4 is 11.7 Å². The predicted octanol–water partition coefficient (Wildman–Crippen LogP) is 4.25. The zero-order valence-corrected chi connectivity index (χ0v) is 20.2. The molecule has 0 bridgehead atoms. The van der Waals surface area contributed by atoms with E-state index in [1.54, 1.807) is 19.1 Å². The molecule has 0 saturated carbocycles. The van der Waals surface area contributed by atoms with Crippen LogP contribution in [0.2, 0.25) is 0 Å². The van der Waals surface area contributed by atoms with Crippen LogP contribution in [0, 0.1) is 12.8 Å². The van der Waals surface area contributed by atoms with Crippen molar-refractivity contribution in [3.63, 3.8) is 0 Å². The number of amidine groups is 1. The summed E-state index contributed by atoms with van der Waals surface area (Å²) in [6, 6.07) is 5.11. The molecule has 0 unspecified atom stereocenters. The fourth-order valence-corrected chi connectivity index (χ4v) is 4.18. The second-order valence-electron chi connectivity index (χ2n) is 9.21. The molecule has 0 radical (unpaired) electrons. The molecule has 1 aromatic rings. The van der Waals surface area contributed by atoms with E-state index < -0.39 is 5.92 Å². The lowest BCUT2D eigenvalue weighted by Crippen LogP contribution is -2.39. The van der Waals surface area contributed by atoms with Crippen molar-refractivity contribution in [3.8, 4) is 5.75 Å². The molecule has 2 aliphatic heterocycles. The first-order valence-electron chi connectivity index (χ1n) is 11.9. The highest BCUT2D eigenvalue weighted by molar-refractivity contribution is 5.96. The normalized spacial score (nSPS) is 18.0. The molecule has 1 aromatic carbocycles. The van der Waals surface area contributed by atoms with Crippen LogP contribution in [0.15, 0.2) is 35.2 Å². The number of aliphatic hydroxyl groups is 1. The number of piperidine rings is 1. The van der Waals surface area contributed by atoms with Gasteiger partial charge in [0.1, 0.15) is 11.6 Å². The number of allylic oxidation sites excluding steroid dienone is 1. The maximum Gasteiger partial charge on any atom is 0.304 e. The summed E-state index contributed by atoms with van der Waals surface area (Å²) in [6.45, 7) is 6.61. The van der Waals surface area contributed by atoms with Crippen LogP contribution < -0.4 is 10.1 Å². The summed E-state index contributed by atoms with van der Waals surface area (Å²) in [5.74, 6) is -1.54. The minimum atomic E-state index is -3.00. The number of amides is 1. The van der Waals surface area contributed by atoms with E-state index in [2.05, 4.69) is 15.4 Å². The standard InChI is InChI=1S/C25H35F2N3O4/c1-17-15-20(6-7-21(17)24(32)28-18(2)16-31)33-14-4-5-19-10-12-30(13-11-19)23-9-8-22(34-29-23)25(3,26)27/h6-8,15,18-19,31H,4-5,9-14,16H2,1-3H3,(H,28,32)/t18-/m1/s1. The highest BCUT2D eigenvalue weighted by atomic mass is 19.3. The molecule has 3 rings (SSSR count). The molecule has 2 aliphatic rings. The number of carbonyl (C=O) groups is 1. The highest BCUT2D eigenvalue weighted by Gasteiger charge is 2.33. The highest BCUT2D eigenvalue weighted by Crippen LogP contribution is 2.29. The third-order valence-electron chi connectivity index (χ3n) is 6.25. The fraction of sp³-hybridized carbons (Fsp3) is 0.600. The van der Waals surface area contributed by atoms with Crippen LogP contribution in [0.4, 0.5) is 8.78 Å². The smallest absolute Gasteiger partial charge is 0.304 e. The van der Waals surface area contributed by atoms with Crippen molar-refractivity contribution in [2.75, 3.05) is 26.3 Å². The SMILES string of the molecule is Cc1cc(OCCCC2CCN(C3=NOC(C(C)(F)F)=CC3)CC2)ccc1C(=O)N[C@H](C)CO. The maximum absolute atomic E-state index is 13.3. The lowest BCUT2D eigenvalue weighted by atomic mass is 9.92. The fourth-order valence-electron chi connectivity index (χ4n) is 4.18. The molecule has 1 amide bonds. The van der Waals surface area contributed by atoms with Crippen LogP contribution in [0.25, 0.3) is 0 Å². The van der Waals surface area contributed by atoms with Gasteiger partial charge in [-0.15, -0.1) is 0 Å². The number of oxime groups is 1. The van der Waals surface area contributed by atoms with E-state index in [-0.39, 0.29) is 24.3 Å². The Morgan fingerprint density at radius 1 is 1.38 bits per heavy atom. The quantitative estimate of drug-likeness (QED) is 0.518. The number of aryl methyl sites for hydroxylation is 1. The summed E-state index contributed by atoms with van der Waals surface area (Å²) < 4.78 is 32.5. The Morgan fingerprint density at radius 2 is 2.12 bits per heavy atom. The first-order valence-corrected chi connectivity index (χ1v) is 11.9. The van der Waals surface area contributed by atoms with E-state index in [9.17, 15) is 13.6 Å². The van der Waals surface area contributed by atoms with Gasteiger partial charge in [0, 0.05) is 38.0 Å². The van der Waals surface area contributed by atoms with Crippen molar-refractivity contribution < 1.29 is 28.3 Å². The number of nitrogens with zero attached hydrogens (tertiary/aromatic N) is 2. The summed E-state index contributed by atoms with van der Waals surface area (Å²) in [5, 5.41) is 15.8. The van der Waals surface area contributed by atoms with Crippen molar-refractivity contribution in [1.82, 2.24) is 10.2 Å². The molecule has 2 heterocycles. The average molecular weight is 480 g/mol. The number of carbonyl (C=O) groups excluding carboxylic acids is 1. The number of rotatable bonds is 9. The second kappa shape index (κ2) is 11.6. The van der Waals surface area contributed by atoms with E-state index in [1.807, 2.05) is 13.0 Å². The number of hydrogen-bond donors (Lipinski definition) is 2. The van der Waals surface area contributed by atoms with E-state index in [0.29, 0.717) is 30.3 Å². The van der Waals surface area contributed by atoms with Gasteiger partial charge in [-0.2, -0.15) is 8.78 Å². The number of halogens is 2.